The Morgan fingerprint density at radius 1 is 1.40 bits per heavy atom. The molecule has 1 atom stereocenters. The van der Waals surface area contributed by atoms with E-state index in [0.29, 0.717) is 12.2 Å². The van der Waals surface area contributed by atoms with E-state index in [-0.39, 0.29) is 18.3 Å². The van der Waals surface area contributed by atoms with Crippen molar-refractivity contribution in [3.8, 4) is 5.75 Å². The Kier molecular flexibility index (Phi) is 4.31. The molecule has 1 unspecified atom stereocenters. The molecular weight excluding hydrogens is 192 g/mol. The van der Waals surface area contributed by atoms with E-state index in [4.69, 9.17) is 9.84 Å². The zero-order valence-electron chi connectivity index (χ0n) is 9.06. The second kappa shape index (κ2) is 5.51. The molecule has 1 aromatic carbocycles. The summed E-state index contributed by atoms with van der Waals surface area (Å²) in [6.45, 7) is 4.04. The number of hydrogen-bond acceptors (Lipinski definition) is 3. The highest BCUT2D eigenvalue weighted by molar-refractivity contribution is 5.94. The summed E-state index contributed by atoms with van der Waals surface area (Å²) < 4.78 is 5.42. The largest absolute Gasteiger partial charge is 0.493 e. The number of aliphatic hydroxyl groups excluding tert-OH is 1. The molecule has 0 amide bonds. The van der Waals surface area contributed by atoms with E-state index < -0.39 is 0 Å². The number of rotatable bonds is 5. The van der Waals surface area contributed by atoms with E-state index in [1.807, 2.05) is 6.92 Å². The summed E-state index contributed by atoms with van der Waals surface area (Å²) in [5.41, 5.74) is 0.678. The molecule has 1 aromatic rings. The molecule has 0 aromatic heterocycles. The Morgan fingerprint density at radius 3 is 2.47 bits per heavy atom. The van der Waals surface area contributed by atoms with Crippen molar-refractivity contribution in [3.05, 3.63) is 29.8 Å². The first-order valence-corrected chi connectivity index (χ1v) is 4.98. The van der Waals surface area contributed by atoms with Gasteiger partial charge in [0.1, 0.15) is 5.75 Å². The van der Waals surface area contributed by atoms with Gasteiger partial charge in [-0.05, 0) is 31.2 Å². The first-order chi connectivity index (χ1) is 7.13. The maximum atomic E-state index is 11.0. The van der Waals surface area contributed by atoms with Crippen molar-refractivity contribution in [2.24, 2.45) is 5.92 Å². The zero-order chi connectivity index (χ0) is 11.3. The lowest BCUT2D eigenvalue weighted by Gasteiger charge is -2.10. The number of ether oxygens (including phenoxy) is 1. The smallest absolute Gasteiger partial charge is 0.159 e. The van der Waals surface area contributed by atoms with Crippen LogP contribution in [0.4, 0.5) is 0 Å². The number of carbonyl (C=O) groups excluding carboxylic acids is 1. The first kappa shape index (κ1) is 11.7. The van der Waals surface area contributed by atoms with Crippen LogP contribution in [0.2, 0.25) is 0 Å². The van der Waals surface area contributed by atoms with Gasteiger partial charge in [0.2, 0.25) is 0 Å². The molecule has 82 valence electrons. The monoisotopic (exact) mass is 208 g/mol. The van der Waals surface area contributed by atoms with Gasteiger partial charge in [0, 0.05) is 18.1 Å². The third-order valence-electron chi connectivity index (χ3n) is 2.11. The van der Waals surface area contributed by atoms with E-state index >= 15 is 0 Å². The van der Waals surface area contributed by atoms with Gasteiger partial charge in [0.05, 0.1) is 6.61 Å². The van der Waals surface area contributed by atoms with Gasteiger partial charge >= 0.3 is 0 Å². The van der Waals surface area contributed by atoms with E-state index in [1.165, 1.54) is 6.92 Å². The molecule has 0 saturated carbocycles. The predicted molar refractivity (Wildman–Crippen MR) is 58.2 cm³/mol. The minimum atomic E-state index is 0.0466. The van der Waals surface area contributed by atoms with Crippen LogP contribution in [0.3, 0.4) is 0 Å². The number of Topliss-reactive ketones (excluding diaryl/α,β-unsaturated/α-hetero) is 1. The molecule has 15 heavy (non-hydrogen) atoms. The van der Waals surface area contributed by atoms with Gasteiger partial charge in [-0.3, -0.25) is 4.79 Å². The van der Waals surface area contributed by atoms with Crippen molar-refractivity contribution in [2.45, 2.75) is 13.8 Å². The molecule has 0 aliphatic rings. The molecular formula is C12H16O3. The maximum Gasteiger partial charge on any atom is 0.159 e. The molecule has 3 nitrogen and oxygen atoms in total. The van der Waals surface area contributed by atoms with Gasteiger partial charge in [-0.25, -0.2) is 0 Å². The molecule has 0 spiro atoms. The lowest BCUT2D eigenvalue weighted by Crippen LogP contribution is -2.12. The summed E-state index contributed by atoms with van der Waals surface area (Å²) in [4.78, 5) is 11.0. The van der Waals surface area contributed by atoms with Crippen molar-refractivity contribution in [3.63, 3.8) is 0 Å². The van der Waals surface area contributed by atoms with Crippen LogP contribution in [0, 0.1) is 5.92 Å². The summed E-state index contributed by atoms with van der Waals surface area (Å²) in [7, 11) is 0. The quantitative estimate of drug-likeness (QED) is 0.752. The number of benzene rings is 1. The Hall–Kier alpha value is -1.35. The minimum absolute atomic E-state index is 0.0466. The molecule has 0 aliphatic heterocycles. The van der Waals surface area contributed by atoms with E-state index in [9.17, 15) is 4.79 Å². The third-order valence-corrected chi connectivity index (χ3v) is 2.11. The minimum Gasteiger partial charge on any atom is -0.493 e. The van der Waals surface area contributed by atoms with Gasteiger partial charge in [-0.1, -0.05) is 6.92 Å². The Morgan fingerprint density at radius 2 is 2.00 bits per heavy atom. The number of carbonyl (C=O) groups is 1. The molecule has 1 rings (SSSR count). The lowest BCUT2D eigenvalue weighted by atomic mass is 10.1. The predicted octanol–water partition coefficient (Wildman–Crippen LogP) is 1.90. The fraction of sp³-hybridized carbons (Fsp3) is 0.417. The van der Waals surface area contributed by atoms with Gasteiger partial charge in [0.25, 0.3) is 0 Å². The molecule has 0 bridgehead atoms. The Labute approximate surface area is 89.7 Å². The van der Waals surface area contributed by atoms with Gasteiger partial charge in [-0.2, -0.15) is 0 Å². The molecule has 0 heterocycles. The highest BCUT2D eigenvalue weighted by Gasteiger charge is 2.02. The van der Waals surface area contributed by atoms with Crippen LogP contribution in [0.25, 0.3) is 0 Å². The number of aliphatic hydroxyl groups is 1. The second-order valence-electron chi connectivity index (χ2n) is 3.68. The van der Waals surface area contributed by atoms with Crippen molar-refractivity contribution in [1.82, 2.24) is 0 Å². The topological polar surface area (TPSA) is 46.5 Å². The standard InChI is InChI=1S/C12H16O3/c1-9(7-13)8-15-12-5-3-11(4-6-12)10(2)14/h3-6,9,13H,7-8H2,1-2H3. The number of ketones is 1. The van der Waals surface area contributed by atoms with Crippen LogP contribution < -0.4 is 4.74 Å². The summed E-state index contributed by atoms with van der Waals surface area (Å²) in [5, 5.41) is 8.81. The van der Waals surface area contributed by atoms with Crippen LogP contribution in [0.1, 0.15) is 24.2 Å². The van der Waals surface area contributed by atoms with Crippen LogP contribution >= 0.6 is 0 Å². The van der Waals surface area contributed by atoms with Crippen molar-refractivity contribution < 1.29 is 14.6 Å². The second-order valence-corrected chi connectivity index (χ2v) is 3.68. The molecule has 0 saturated heterocycles. The lowest BCUT2D eigenvalue weighted by molar-refractivity contribution is 0.101. The summed E-state index contributed by atoms with van der Waals surface area (Å²) >= 11 is 0. The summed E-state index contributed by atoms with van der Waals surface area (Å²) in [6, 6.07) is 7.00. The SMILES string of the molecule is CC(=O)c1ccc(OCC(C)CO)cc1. The third kappa shape index (κ3) is 3.72. The average molecular weight is 208 g/mol. The summed E-state index contributed by atoms with van der Waals surface area (Å²) in [6.07, 6.45) is 0. The summed E-state index contributed by atoms with van der Waals surface area (Å²) in [5.74, 6) is 0.892. The van der Waals surface area contributed by atoms with Gasteiger partial charge < -0.3 is 9.84 Å². The van der Waals surface area contributed by atoms with Crippen molar-refractivity contribution in [2.75, 3.05) is 13.2 Å². The van der Waals surface area contributed by atoms with E-state index in [0.717, 1.165) is 5.75 Å². The van der Waals surface area contributed by atoms with Crippen molar-refractivity contribution in [1.29, 1.82) is 0 Å². The van der Waals surface area contributed by atoms with Crippen LogP contribution in [0.15, 0.2) is 24.3 Å². The van der Waals surface area contributed by atoms with Crippen LogP contribution in [-0.4, -0.2) is 24.1 Å². The van der Waals surface area contributed by atoms with Gasteiger partial charge in [-0.15, -0.1) is 0 Å². The molecule has 0 aliphatic carbocycles. The van der Waals surface area contributed by atoms with Crippen molar-refractivity contribution >= 4 is 5.78 Å². The fourth-order valence-corrected chi connectivity index (χ4v) is 1.08. The zero-order valence-corrected chi connectivity index (χ0v) is 9.06. The van der Waals surface area contributed by atoms with E-state index in [2.05, 4.69) is 0 Å². The Bertz CT molecular complexity index is 316. The fourth-order valence-electron chi connectivity index (χ4n) is 1.08. The molecule has 0 radical (unpaired) electrons. The Balaban J connectivity index is 2.53. The first-order valence-electron chi connectivity index (χ1n) is 4.98. The normalized spacial score (nSPS) is 12.2. The van der Waals surface area contributed by atoms with Crippen LogP contribution in [0.5, 0.6) is 5.75 Å². The number of hydrogen-bond donors (Lipinski definition) is 1. The van der Waals surface area contributed by atoms with Gasteiger partial charge in [0.15, 0.2) is 5.78 Å². The van der Waals surface area contributed by atoms with Crippen LogP contribution in [-0.2, 0) is 0 Å². The maximum absolute atomic E-state index is 11.0. The highest BCUT2D eigenvalue weighted by atomic mass is 16.5. The van der Waals surface area contributed by atoms with E-state index in [1.54, 1.807) is 24.3 Å². The molecule has 3 heteroatoms. The molecule has 0 fully saturated rings. The average Bonchev–Trinajstić information content (AvgIpc) is 2.26. The molecule has 1 N–H and O–H groups in total. The highest BCUT2D eigenvalue weighted by Crippen LogP contribution is 2.13.